The van der Waals surface area contributed by atoms with Gasteiger partial charge in [0, 0.05) is 43.9 Å². The van der Waals surface area contributed by atoms with Gasteiger partial charge in [-0.15, -0.1) is 0 Å². The van der Waals surface area contributed by atoms with E-state index in [0.717, 1.165) is 22.3 Å². The van der Waals surface area contributed by atoms with Gasteiger partial charge in [0.05, 0.1) is 0 Å². The highest BCUT2D eigenvalue weighted by Crippen LogP contribution is 2.52. The summed E-state index contributed by atoms with van der Waals surface area (Å²) in [6, 6.07) is 29.5. The fourth-order valence-electron chi connectivity index (χ4n) is 4.18. The van der Waals surface area contributed by atoms with Crippen molar-refractivity contribution in [3.63, 3.8) is 0 Å². The van der Waals surface area contributed by atoms with E-state index in [4.69, 9.17) is 60.6 Å². The van der Waals surface area contributed by atoms with Crippen molar-refractivity contribution in [3.05, 3.63) is 139 Å². The SMILES string of the molecule is COC1(c2ccc(Cl)cc2)OC(c2ccc(Cl)cc2)=C(c2ccc(Cl)cc2)OC1c1ccc(Cl)cc1. The Labute approximate surface area is 229 Å². The zero-order valence-electron chi connectivity index (χ0n) is 19.1. The summed E-state index contributed by atoms with van der Waals surface area (Å²) in [4.78, 5) is 0. The van der Waals surface area contributed by atoms with Gasteiger partial charge >= 0.3 is 0 Å². The van der Waals surface area contributed by atoms with Gasteiger partial charge in [-0.25, -0.2) is 0 Å². The van der Waals surface area contributed by atoms with E-state index in [0.29, 0.717) is 31.6 Å². The molecule has 7 heteroatoms. The first-order valence-corrected chi connectivity index (χ1v) is 12.6. The van der Waals surface area contributed by atoms with Crippen LogP contribution in [0.25, 0.3) is 11.5 Å². The quantitative estimate of drug-likeness (QED) is 0.244. The molecule has 0 radical (unpaired) electrons. The maximum absolute atomic E-state index is 6.85. The molecule has 4 aromatic rings. The highest BCUT2D eigenvalue weighted by molar-refractivity contribution is 6.31. The molecule has 0 amide bonds. The van der Waals surface area contributed by atoms with Crippen molar-refractivity contribution in [1.29, 1.82) is 0 Å². The third kappa shape index (κ3) is 4.82. The Morgan fingerprint density at radius 1 is 0.583 bits per heavy atom. The molecule has 2 unspecified atom stereocenters. The standard InChI is InChI=1S/C29H20Cl4O3/c1-34-29(21-8-16-25(33)17-9-21)28(20-6-14-24(32)15-7-20)35-26(18-2-10-22(30)11-3-18)27(36-29)19-4-12-23(31)13-5-19/h2-17,28H,1H3. The molecule has 2 atom stereocenters. The molecule has 0 saturated carbocycles. The van der Waals surface area contributed by atoms with E-state index in [1.165, 1.54) is 0 Å². The predicted molar refractivity (Wildman–Crippen MR) is 146 cm³/mol. The van der Waals surface area contributed by atoms with Gasteiger partial charge in [0.25, 0.3) is 5.79 Å². The fraction of sp³-hybridized carbons (Fsp3) is 0.103. The second kappa shape index (κ2) is 10.4. The minimum atomic E-state index is -1.34. The number of benzene rings is 4. The lowest BCUT2D eigenvalue weighted by Gasteiger charge is -2.44. The molecule has 0 aromatic heterocycles. The van der Waals surface area contributed by atoms with E-state index in [-0.39, 0.29) is 0 Å². The molecule has 4 aromatic carbocycles. The fourth-order valence-corrected chi connectivity index (χ4v) is 4.68. The molecule has 0 N–H and O–H groups in total. The van der Waals surface area contributed by atoms with Gasteiger partial charge in [-0.05, 0) is 78.4 Å². The van der Waals surface area contributed by atoms with E-state index < -0.39 is 11.9 Å². The Balaban J connectivity index is 1.76. The van der Waals surface area contributed by atoms with Crippen LogP contribution in [0.15, 0.2) is 97.1 Å². The molecule has 5 rings (SSSR count). The van der Waals surface area contributed by atoms with Gasteiger partial charge in [-0.3, -0.25) is 0 Å². The number of rotatable bonds is 5. The molecule has 1 heterocycles. The first-order chi connectivity index (χ1) is 17.4. The lowest BCUT2D eigenvalue weighted by atomic mass is 9.92. The van der Waals surface area contributed by atoms with E-state index >= 15 is 0 Å². The monoisotopic (exact) mass is 556 g/mol. The van der Waals surface area contributed by atoms with E-state index in [2.05, 4.69) is 0 Å². The molecule has 0 fully saturated rings. The third-order valence-corrected chi connectivity index (χ3v) is 6.98. The summed E-state index contributed by atoms with van der Waals surface area (Å²) in [7, 11) is 1.59. The van der Waals surface area contributed by atoms with Crippen LogP contribution in [0.2, 0.25) is 20.1 Å². The van der Waals surface area contributed by atoms with Crippen LogP contribution in [0, 0.1) is 0 Å². The van der Waals surface area contributed by atoms with Crippen LogP contribution in [-0.4, -0.2) is 7.11 Å². The summed E-state index contributed by atoms with van der Waals surface area (Å²) in [5.74, 6) is -0.310. The maximum Gasteiger partial charge on any atom is 0.279 e. The van der Waals surface area contributed by atoms with Crippen LogP contribution in [0.3, 0.4) is 0 Å². The Kier molecular flexibility index (Phi) is 7.21. The second-order valence-corrected chi connectivity index (χ2v) is 9.95. The molecule has 36 heavy (non-hydrogen) atoms. The van der Waals surface area contributed by atoms with Crippen molar-refractivity contribution in [1.82, 2.24) is 0 Å². The Morgan fingerprint density at radius 3 is 1.47 bits per heavy atom. The molecular formula is C29H20Cl4O3. The van der Waals surface area contributed by atoms with Gasteiger partial charge in [0.2, 0.25) is 0 Å². The van der Waals surface area contributed by atoms with Gasteiger partial charge in [0.1, 0.15) is 0 Å². The summed E-state index contributed by atoms with van der Waals surface area (Å²) in [5.41, 5.74) is 3.12. The van der Waals surface area contributed by atoms with E-state index in [9.17, 15) is 0 Å². The number of methoxy groups -OCH3 is 1. The average molecular weight is 558 g/mol. The molecule has 0 saturated heterocycles. The highest BCUT2D eigenvalue weighted by atomic mass is 35.5. The van der Waals surface area contributed by atoms with Crippen molar-refractivity contribution in [2.24, 2.45) is 0 Å². The molecular weight excluding hydrogens is 538 g/mol. The molecule has 0 spiro atoms. The van der Waals surface area contributed by atoms with Crippen LogP contribution >= 0.6 is 46.4 Å². The lowest BCUT2D eigenvalue weighted by molar-refractivity contribution is -0.260. The largest absolute Gasteiger partial charge is 0.474 e. The van der Waals surface area contributed by atoms with Crippen LogP contribution in [-0.2, 0) is 20.0 Å². The van der Waals surface area contributed by atoms with Crippen molar-refractivity contribution in [2.45, 2.75) is 11.9 Å². The maximum atomic E-state index is 6.85. The minimum Gasteiger partial charge on any atom is -0.474 e. The zero-order chi connectivity index (χ0) is 25.3. The Morgan fingerprint density at radius 2 is 1.00 bits per heavy atom. The number of hydrogen-bond acceptors (Lipinski definition) is 3. The lowest BCUT2D eigenvalue weighted by Crippen LogP contribution is -2.42. The van der Waals surface area contributed by atoms with Gasteiger partial charge in [-0.1, -0.05) is 70.7 Å². The zero-order valence-corrected chi connectivity index (χ0v) is 22.1. The van der Waals surface area contributed by atoms with Crippen molar-refractivity contribution in [3.8, 4) is 0 Å². The molecule has 0 bridgehead atoms. The summed E-state index contributed by atoms with van der Waals surface area (Å²) in [5, 5.41) is 2.44. The second-order valence-electron chi connectivity index (χ2n) is 8.20. The molecule has 3 nitrogen and oxygen atoms in total. The van der Waals surface area contributed by atoms with Crippen LogP contribution in [0.5, 0.6) is 0 Å². The molecule has 0 aliphatic carbocycles. The topological polar surface area (TPSA) is 27.7 Å². The van der Waals surface area contributed by atoms with E-state index in [1.807, 2.05) is 60.7 Å². The Bertz CT molecular complexity index is 1380. The van der Waals surface area contributed by atoms with Gasteiger partial charge in [0.15, 0.2) is 17.6 Å². The van der Waals surface area contributed by atoms with E-state index in [1.54, 1.807) is 43.5 Å². The van der Waals surface area contributed by atoms with Crippen LogP contribution in [0.4, 0.5) is 0 Å². The highest BCUT2D eigenvalue weighted by Gasteiger charge is 2.51. The summed E-state index contributed by atoms with van der Waals surface area (Å²) >= 11 is 24.8. The minimum absolute atomic E-state index is 0.496. The number of halogens is 4. The van der Waals surface area contributed by atoms with Gasteiger partial charge in [-0.2, -0.15) is 0 Å². The molecule has 1 aliphatic rings. The average Bonchev–Trinajstić information content (AvgIpc) is 2.90. The molecule has 1 aliphatic heterocycles. The Hall–Kier alpha value is -2.66. The first-order valence-electron chi connectivity index (χ1n) is 11.1. The van der Waals surface area contributed by atoms with Gasteiger partial charge < -0.3 is 14.2 Å². The summed E-state index contributed by atoms with van der Waals surface area (Å²) < 4.78 is 19.8. The summed E-state index contributed by atoms with van der Waals surface area (Å²) in [6.07, 6.45) is -0.692. The van der Waals surface area contributed by atoms with Crippen molar-refractivity contribution >= 4 is 57.9 Å². The summed E-state index contributed by atoms with van der Waals surface area (Å²) in [6.45, 7) is 0. The smallest absolute Gasteiger partial charge is 0.279 e. The first kappa shape index (κ1) is 25.0. The molecule has 182 valence electrons. The van der Waals surface area contributed by atoms with Crippen LogP contribution in [0.1, 0.15) is 28.4 Å². The van der Waals surface area contributed by atoms with Crippen LogP contribution < -0.4 is 0 Å². The number of ether oxygens (including phenoxy) is 3. The normalized spacial score (nSPS) is 19.5. The van der Waals surface area contributed by atoms with Crippen molar-refractivity contribution < 1.29 is 14.2 Å². The third-order valence-electron chi connectivity index (χ3n) is 5.98. The number of hydrogen-bond donors (Lipinski definition) is 0. The predicted octanol–water partition coefficient (Wildman–Crippen LogP) is 9.41. The van der Waals surface area contributed by atoms with Crippen molar-refractivity contribution in [2.75, 3.05) is 7.11 Å².